The van der Waals surface area contributed by atoms with Gasteiger partial charge in [-0.2, -0.15) is 0 Å². The van der Waals surface area contributed by atoms with E-state index in [-0.39, 0.29) is 18.0 Å². The van der Waals surface area contributed by atoms with E-state index < -0.39 is 5.60 Å². The van der Waals surface area contributed by atoms with Crippen LogP contribution in [0.2, 0.25) is 0 Å². The van der Waals surface area contributed by atoms with Crippen LogP contribution >= 0.6 is 0 Å². The van der Waals surface area contributed by atoms with Gasteiger partial charge in [-0.25, -0.2) is 4.79 Å². The Hall–Kier alpha value is -1.52. The number of alkyl carbamates (subject to hydrolysis) is 1. The quantitative estimate of drug-likeness (QED) is 0.749. The van der Waals surface area contributed by atoms with Crippen LogP contribution in [0.1, 0.15) is 33.6 Å². The summed E-state index contributed by atoms with van der Waals surface area (Å²) >= 11 is 0. The summed E-state index contributed by atoms with van der Waals surface area (Å²) in [5, 5.41) is 5.56. The molecule has 2 N–H and O–H groups in total. The van der Waals surface area contributed by atoms with E-state index in [9.17, 15) is 9.59 Å². The lowest BCUT2D eigenvalue weighted by molar-refractivity contribution is -0.116. The van der Waals surface area contributed by atoms with Crippen molar-refractivity contribution < 1.29 is 14.3 Å². The van der Waals surface area contributed by atoms with Crippen LogP contribution in [0.3, 0.4) is 0 Å². The molecule has 0 bridgehead atoms. The highest BCUT2D eigenvalue weighted by Crippen LogP contribution is 2.26. The minimum atomic E-state index is -0.467. The van der Waals surface area contributed by atoms with Crippen molar-refractivity contribution in [1.29, 1.82) is 0 Å². The van der Waals surface area contributed by atoms with Crippen molar-refractivity contribution in [2.75, 3.05) is 6.54 Å². The molecule has 0 atom stereocenters. The van der Waals surface area contributed by atoms with Crippen LogP contribution in [0.25, 0.3) is 0 Å². The maximum Gasteiger partial charge on any atom is 0.407 e. The summed E-state index contributed by atoms with van der Waals surface area (Å²) in [5.41, 5.74) is -0.467. The number of hydrogen-bond donors (Lipinski definition) is 2. The van der Waals surface area contributed by atoms with E-state index in [1.165, 1.54) is 6.08 Å². The second-order valence-electron chi connectivity index (χ2n) is 5.63. The molecule has 0 spiro atoms. The molecule has 5 heteroatoms. The first-order chi connectivity index (χ1) is 8.30. The van der Waals surface area contributed by atoms with E-state index in [1.807, 2.05) is 20.8 Å². The van der Waals surface area contributed by atoms with Gasteiger partial charge in [-0.3, -0.25) is 4.79 Å². The van der Waals surface area contributed by atoms with Gasteiger partial charge < -0.3 is 15.4 Å². The zero-order valence-electron chi connectivity index (χ0n) is 11.3. The van der Waals surface area contributed by atoms with Crippen LogP contribution in [-0.4, -0.2) is 30.2 Å². The van der Waals surface area contributed by atoms with Crippen LogP contribution < -0.4 is 10.6 Å². The fourth-order valence-corrected chi connectivity index (χ4v) is 1.81. The summed E-state index contributed by atoms with van der Waals surface area (Å²) < 4.78 is 5.16. The summed E-state index contributed by atoms with van der Waals surface area (Å²) in [4.78, 5) is 22.4. The molecule has 1 rings (SSSR count). The summed E-state index contributed by atoms with van der Waals surface area (Å²) in [5.74, 6) is 0.271. The van der Waals surface area contributed by atoms with Gasteiger partial charge in [-0.05, 0) is 45.6 Å². The van der Waals surface area contributed by atoms with Crippen LogP contribution in [-0.2, 0) is 9.53 Å². The van der Waals surface area contributed by atoms with E-state index in [2.05, 4.69) is 17.2 Å². The average Bonchev–Trinajstić information content (AvgIpc) is 2.17. The molecule has 0 unspecified atom stereocenters. The molecule has 1 aliphatic rings. The first-order valence-corrected chi connectivity index (χ1v) is 6.20. The third-order valence-electron chi connectivity index (χ3n) is 2.71. The lowest BCUT2D eigenvalue weighted by Gasteiger charge is -2.36. The maximum absolute atomic E-state index is 11.5. The van der Waals surface area contributed by atoms with Crippen LogP contribution in [0.4, 0.5) is 4.79 Å². The van der Waals surface area contributed by atoms with E-state index in [1.54, 1.807) is 0 Å². The third kappa shape index (κ3) is 5.21. The third-order valence-corrected chi connectivity index (χ3v) is 2.71. The van der Waals surface area contributed by atoms with Crippen LogP contribution in [0.15, 0.2) is 12.7 Å². The van der Waals surface area contributed by atoms with Crippen LogP contribution in [0, 0.1) is 5.92 Å². The molecule has 2 amide bonds. The van der Waals surface area contributed by atoms with Crippen molar-refractivity contribution in [1.82, 2.24) is 10.6 Å². The molecule has 5 nitrogen and oxygen atoms in total. The van der Waals surface area contributed by atoms with Crippen molar-refractivity contribution in [3.8, 4) is 0 Å². The normalized spacial score (nSPS) is 22.6. The zero-order valence-corrected chi connectivity index (χ0v) is 11.3. The molecule has 1 saturated carbocycles. The van der Waals surface area contributed by atoms with Gasteiger partial charge in [-0.1, -0.05) is 6.58 Å². The molecule has 0 saturated heterocycles. The molecule has 0 aromatic heterocycles. The molecule has 1 aliphatic carbocycles. The number of hydrogen-bond acceptors (Lipinski definition) is 3. The van der Waals surface area contributed by atoms with Gasteiger partial charge in [-0.15, -0.1) is 0 Å². The van der Waals surface area contributed by atoms with E-state index in [0.29, 0.717) is 12.5 Å². The highest BCUT2D eigenvalue weighted by atomic mass is 16.6. The fraction of sp³-hybridized carbons (Fsp3) is 0.692. The van der Waals surface area contributed by atoms with Crippen molar-refractivity contribution in [2.24, 2.45) is 5.92 Å². The molecule has 0 aromatic carbocycles. The number of nitrogens with one attached hydrogen (secondary N) is 2. The van der Waals surface area contributed by atoms with Gasteiger partial charge in [0.25, 0.3) is 0 Å². The van der Waals surface area contributed by atoms with Gasteiger partial charge in [0, 0.05) is 12.6 Å². The number of rotatable bonds is 4. The molecule has 0 aromatic rings. The highest BCUT2D eigenvalue weighted by Gasteiger charge is 2.31. The van der Waals surface area contributed by atoms with Gasteiger partial charge in [0.2, 0.25) is 5.91 Å². The Morgan fingerprint density at radius 2 is 2.00 bits per heavy atom. The molecule has 0 radical (unpaired) electrons. The molecule has 102 valence electrons. The smallest absolute Gasteiger partial charge is 0.407 e. The number of ether oxygens (including phenoxy) is 1. The van der Waals surface area contributed by atoms with Gasteiger partial charge in [0.1, 0.15) is 5.60 Å². The van der Waals surface area contributed by atoms with Gasteiger partial charge in [0.15, 0.2) is 0 Å². The topological polar surface area (TPSA) is 67.4 Å². The number of carbonyl (C=O) groups excluding carboxylic acids is 2. The Labute approximate surface area is 108 Å². The minimum Gasteiger partial charge on any atom is -0.444 e. The monoisotopic (exact) mass is 254 g/mol. The Morgan fingerprint density at radius 3 is 2.50 bits per heavy atom. The fourth-order valence-electron chi connectivity index (χ4n) is 1.81. The van der Waals surface area contributed by atoms with Gasteiger partial charge in [0.05, 0.1) is 0 Å². The molecular formula is C13H22N2O3. The molecular weight excluding hydrogens is 232 g/mol. The van der Waals surface area contributed by atoms with Crippen molar-refractivity contribution >= 4 is 12.0 Å². The summed E-state index contributed by atoms with van der Waals surface area (Å²) in [6, 6.07) is 0.158. The first kappa shape index (κ1) is 14.5. The average molecular weight is 254 g/mol. The van der Waals surface area contributed by atoms with Crippen LogP contribution in [0.5, 0.6) is 0 Å². The zero-order chi connectivity index (χ0) is 13.8. The van der Waals surface area contributed by atoms with Crippen molar-refractivity contribution in [3.63, 3.8) is 0 Å². The second kappa shape index (κ2) is 5.89. The lowest BCUT2D eigenvalue weighted by atomic mass is 9.80. The Morgan fingerprint density at radius 1 is 1.39 bits per heavy atom. The summed E-state index contributed by atoms with van der Waals surface area (Å²) in [6.07, 6.45) is 2.63. The standard InChI is InChI=1S/C13H22N2O3/c1-5-11(16)14-8-9-6-10(7-9)15-12(17)18-13(2,3)4/h5,9-10H,1,6-8H2,2-4H3,(H,14,16)(H,15,17). The summed E-state index contributed by atoms with van der Waals surface area (Å²) in [6.45, 7) is 9.52. The number of carbonyl (C=O) groups is 2. The molecule has 0 heterocycles. The minimum absolute atomic E-state index is 0.154. The predicted molar refractivity (Wildman–Crippen MR) is 69.1 cm³/mol. The van der Waals surface area contributed by atoms with Crippen molar-refractivity contribution in [3.05, 3.63) is 12.7 Å². The largest absolute Gasteiger partial charge is 0.444 e. The Kier molecular flexibility index (Phi) is 4.76. The SMILES string of the molecule is C=CC(=O)NCC1CC(NC(=O)OC(C)(C)C)C1. The molecule has 1 fully saturated rings. The second-order valence-corrected chi connectivity index (χ2v) is 5.63. The van der Waals surface area contributed by atoms with Crippen molar-refractivity contribution in [2.45, 2.75) is 45.3 Å². The van der Waals surface area contributed by atoms with E-state index >= 15 is 0 Å². The molecule has 0 aliphatic heterocycles. The van der Waals surface area contributed by atoms with E-state index in [4.69, 9.17) is 4.74 Å². The predicted octanol–water partition coefficient (Wildman–Crippen LogP) is 1.59. The molecule has 18 heavy (non-hydrogen) atoms. The van der Waals surface area contributed by atoms with E-state index in [0.717, 1.165) is 12.8 Å². The summed E-state index contributed by atoms with van der Waals surface area (Å²) in [7, 11) is 0. The first-order valence-electron chi connectivity index (χ1n) is 6.20. The highest BCUT2D eigenvalue weighted by molar-refractivity contribution is 5.86. The number of amides is 2. The van der Waals surface area contributed by atoms with Gasteiger partial charge >= 0.3 is 6.09 Å². The maximum atomic E-state index is 11.5. The Balaban J connectivity index is 2.13. The lowest BCUT2D eigenvalue weighted by Crippen LogP contribution is -2.48. The Bertz CT molecular complexity index is 328.